The third-order valence-corrected chi connectivity index (χ3v) is 6.38. The van der Waals surface area contributed by atoms with Gasteiger partial charge in [-0.1, -0.05) is 25.3 Å². The Morgan fingerprint density at radius 3 is 2.79 bits per heavy atom. The molecule has 28 heavy (non-hydrogen) atoms. The van der Waals surface area contributed by atoms with Crippen LogP contribution in [0, 0.1) is 0 Å². The van der Waals surface area contributed by atoms with Crippen LogP contribution in [0.1, 0.15) is 68.0 Å². The van der Waals surface area contributed by atoms with Crippen molar-refractivity contribution in [2.24, 2.45) is 0 Å². The van der Waals surface area contributed by atoms with Crippen molar-refractivity contribution in [2.45, 2.75) is 56.7 Å². The Kier molecular flexibility index (Phi) is 6.27. The molecule has 2 fully saturated rings. The van der Waals surface area contributed by atoms with Crippen molar-refractivity contribution < 1.29 is 4.74 Å². The first-order chi connectivity index (χ1) is 13.8. The van der Waals surface area contributed by atoms with E-state index in [0.29, 0.717) is 6.04 Å². The molecule has 6 heteroatoms. The number of rotatable bonds is 7. The Morgan fingerprint density at radius 1 is 1.18 bits per heavy atom. The minimum absolute atomic E-state index is 0.0634. The third-order valence-electron chi connectivity index (χ3n) is 6.03. The van der Waals surface area contributed by atoms with Crippen molar-refractivity contribution in [2.75, 3.05) is 20.3 Å². The topological polar surface area (TPSA) is 42.3 Å². The number of hydrogen-bond acceptors (Lipinski definition) is 3. The monoisotopic (exact) mass is 398 g/mol. The average Bonchev–Trinajstić information content (AvgIpc) is 3.34. The lowest BCUT2D eigenvalue weighted by Crippen LogP contribution is -2.32. The molecule has 0 unspecified atom stereocenters. The van der Waals surface area contributed by atoms with Gasteiger partial charge in [-0.25, -0.2) is 0 Å². The summed E-state index contributed by atoms with van der Waals surface area (Å²) in [6, 6.07) is 11.4. The minimum atomic E-state index is 0.0634. The number of aromatic nitrogens is 2. The first-order valence-electron chi connectivity index (χ1n) is 10.4. The zero-order valence-electron chi connectivity index (χ0n) is 16.6. The van der Waals surface area contributed by atoms with Crippen LogP contribution in [-0.4, -0.2) is 39.8 Å². The van der Waals surface area contributed by atoms with E-state index in [9.17, 15) is 0 Å². The molecule has 5 nitrogen and oxygen atoms in total. The van der Waals surface area contributed by atoms with Crippen LogP contribution in [-0.2, 0) is 4.74 Å². The molecule has 3 heterocycles. The summed E-state index contributed by atoms with van der Waals surface area (Å²) >= 11 is 5.75. The predicted molar refractivity (Wildman–Crippen MR) is 115 cm³/mol. The van der Waals surface area contributed by atoms with Gasteiger partial charge in [-0.2, -0.15) is 0 Å². The van der Waals surface area contributed by atoms with Gasteiger partial charge < -0.3 is 19.5 Å². The van der Waals surface area contributed by atoms with Gasteiger partial charge in [0, 0.05) is 44.4 Å². The molecule has 1 N–H and O–H groups in total. The molecule has 0 amide bonds. The highest BCUT2D eigenvalue weighted by Crippen LogP contribution is 2.41. The number of pyridine rings is 1. The summed E-state index contributed by atoms with van der Waals surface area (Å²) in [6.45, 7) is 1.62. The van der Waals surface area contributed by atoms with Gasteiger partial charge in [0.1, 0.15) is 0 Å². The van der Waals surface area contributed by atoms with Crippen molar-refractivity contribution in [1.82, 2.24) is 19.8 Å². The molecule has 2 aromatic rings. The maximum Gasteiger partial charge on any atom is 0.170 e. The Bertz CT molecular complexity index is 772. The lowest BCUT2D eigenvalue weighted by atomic mass is 9.94. The van der Waals surface area contributed by atoms with E-state index in [2.05, 4.69) is 50.2 Å². The fourth-order valence-corrected chi connectivity index (χ4v) is 5.03. The van der Waals surface area contributed by atoms with Crippen molar-refractivity contribution in [3.8, 4) is 0 Å². The maximum atomic E-state index is 5.75. The van der Waals surface area contributed by atoms with E-state index in [4.69, 9.17) is 17.0 Å². The van der Waals surface area contributed by atoms with Crippen LogP contribution in [0.5, 0.6) is 0 Å². The van der Waals surface area contributed by atoms with Crippen molar-refractivity contribution in [3.63, 3.8) is 0 Å². The summed E-state index contributed by atoms with van der Waals surface area (Å²) in [4.78, 5) is 6.98. The van der Waals surface area contributed by atoms with E-state index in [1.807, 2.05) is 12.3 Å². The van der Waals surface area contributed by atoms with Gasteiger partial charge in [0.15, 0.2) is 5.11 Å². The number of methoxy groups -OCH3 is 1. The Labute approximate surface area is 173 Å². The Hall–Kier alpha value is -1.92. The molecule has 150 valence electrons. The van der Waals surface area contributed by atoms with Crippen LogP contribution in [0.2, 0.25) is 0 Å². The molecular weight excluding hydrogens is 368 g/mol. The number of ether oxygens (including phenoxy) is 1. The molecule has 1 aliphatic heterocycles. The van der Waals surface area contributed by atoms with Crippen molar-refractivity contribution >= 4 is 17.3 Å². The van der Waals surface area contributed by atoms with Crippen LogP contribution >= 0.6 is 12.2 Å². The standard InChI is InChI=1S/C22H30N4OS/c1-27-16-8-15-26-21(20(24-22(26)28)18-11-5-6-13-23-18)19-12-7-14-25(19)17-9-3-2-4-10-17/h5-7,11-14,17,20-21H,2-4,8-10,15-16H2,1H3,(H,24,28)/t20-,21-/m0/s1. The quantitative estimate of drug-likeness (QED) is 0.553. The van der Waals surface area contributed by atoms with Gasteiger partial charge >= 0.3 is 0 Å². The molecule has 1 saturated heterocycles. The van der Waals surface area contributed by atoms with Crippen LogP contribution < -0.4 is 5.32 Å². The Balaban J connectivity index is 1.68. The first kappa shape index (κ1) is 19.4. The van der Waals surface area contributed by atoms with E-state index < -0.39 is 0 Å². The molecule has 0 aromatic carbocycles. The summed E-state index contributed by atoms with van der Waals surface area (Å²) in [6.07, 6.45) is 11.6. The summed E-state index contributed by atoms with van der Waals surface area (Å²) in [7, 11) is 1.75. The van der Waals surface area contributed by atoms with E-state index in [-0.39, 0.29) is 12.1 Å². The highest BCUT2D eigenvalue weighted by molar-refractivity contribution is 7.80. The second-order valence-corrected chi connectivity index (χ2v) is 8.19. The summed E-state index contributed by atoms with van der Waals surface area (Å²) in [5.74, 6) is 0. The Morgan fingerprint density at radius 2 is 2.04 bits per heavy atom. The molecule has 0 spiro atoms. The van der Waals surface area contributed by atoms with Crippen LogP contribution in [0.4, 0.5) is 0 Å². The smallest absolute Gasteiger partial charge is 0.170 e. The molecule has 2 aromatic heterocycles. The molecule has 0 radical (unpaired) electrons. The van der Waals surface area contributed by atoms with Gasteiger partial charge in [0.2, 0.25) is 0 Å². The van der Waals surface area contributed by atoms with Gasteiger partial charge in [0.25, 0.3) is 0 Å². The van der Waals surface area contributed by atoms with E-state index in [0.717, 1.165) is 30.4 Å². The summed E-state index contributed by atoms with van der Waals surface area (Å²) < 4.78 is 7.80. The number of nitrogens with one attached hydrogen (secondary N) is 1. The number of thiocarbonyl (C=S) groups is 1. The van der Waals surface area contributed by atoms with Gasteiger partial charge in [-0.3, -0.25) is 4.98 Å². The molecule has 2 aliphatic rings. The van der Waals surface area contributed by atoms with Crippen molar-refractivity contribution in [1.29, 1.82) is 0 Å². The average molecular weight is 399 g/mol. The number of nitrogens with zero attached hydrogens (tertiary/aromatic N) is 3. The van der Waals surface area contributed by atoms with E-state index >= 15 is 0 Å². The minimum Gasteiger partial charge on any atom is -0.385 e. The largest absolute Gasteiger partial charge is 0.385 e. The fraction of sp³-hybridized carbons (Fsp3) is 0.545. The van der Waals surface area contributed by atoms with Crippen LogP contribution in [0.15, 0.2) is 42.7 Å². The second kappa shape index (κ2) is 9.05. The van der Waals surface area contributed by atoms with E-state index in [1.165, 1.54) is 37.8 Å². The lowest BCUT2D eigenvalue weighted by molar-refractivity contribution is 0.179. The normalized spacial score (nSPS) is 23.2. The molecule has 0 bridgehead atoms. The lowest BCUT2D eigenvalue weighted by Gasteiger charge is -2.32. The molecule has 1 aliphatic carbocycles. The highest BCUT2D eigenvalue weighted by Gasteiger charge is 2.41. The van der Waals surface area contributed by atoms with Gasteiger partial charge in [-0.05, 0) is 55.7 Å². The fourth-order valence-electron chi connectivity index (χ4n) is 4.70. The highest BCUT2D eigenvalue weighted by atomic mass is 32.1. The SMILES string of the molecule is COCCCN1C(=S)N[C@@H](c2ccccn2)[C@@H]1c1cccn1C1CCCCC1. The predicted octanol–water partition coefficient (Wildman–Crippen LogP) is 4.40. The number of hydrogen-bond donors (Lipinski definition) is 1. The third kappa shape index (κ3) is 3.94. The summed E-state index contributed by atoms with van der Waals surface area (Å²) in [5, 5.41) is 4.37. The second-order valence-electron chi connectivity index (χ2n) is 7.80. The van der Waals surface area contributed by atoms with Gasteiger partial charge in [0.05, 0.1) is 17.8 Å². The zero-order chi connectivity index (χ0) is 19.3. The van der Waals surface area contributed by atoms with E-state index in [1.54, 1.807) is 7.11 Å². The van der Waals surface area contributed by atoms with Gasteiger partial charge in [-0.15, -0.1) is 0 Å². The molecular formula is C22H30N4OS. The van der Waals surface area contributed by atoms with Crippen LogP contribution in [0.25, 0.3) is 0 Å². The summed E-state index contributed by atoms with van der Waals surface area (Å²) in [5.41, 5.74) is 2.38. The van der Waals surface area contributed by atoms with Crippen LogP contribution in [0.3, 0.4) is 0 Å². The molecule has 2 atom stereocenters. The first-order valence-corrected chi connectivity index (χ1v) is 10.8. The molecule has 4 rings (SSSR count). The zero-order valence-corrected chi connectivity index (χ0v) is 17.4. The maximum absolute atomic E-state index is 5.75. The molecule has 1 saturated carbocycles. The van der Waals surface area contributed by atoms with Crippen molar-refractivity contribution in [3.05, 3.63) is 54.1 Å².